The van der Waals surface area contributed by atoms with Crippen molar-refractivity contribution in [2.45, 2.75) is 30.8 Å². The highest BCUT2D eigenvalue weighted by Crippen LogP contribution is 2.17. The van der Waals surface area contributed by atoms with Crippen LogP contribution in [-0.4, -0.2) is 24.0 Å². The predicted molar refractivity (Wildman–Crippen MR) is 44.7 cm³/mol. The van der Waals surface area contributed by atoms with Crippen molar-refractivity contribution >= 4 is 21.6 Å². The van der Waals surface area contributed by atoms with E-state index < -0.39 is 21.6 Å². The van der Waals surface area contributed by atoms with Crippen molar-refractivity contribution in [2.75, 3.05) is 5.08 Å². The fourth-order valence-electron chi connectivity index (χ4n) is 1.03. The van der Waals surface area contributed by atoms with Crippen LogP contribution in [0.2, 0.25) is 0 Å². The summed E-state index contributed by atoms with van der Waals surface area (Å²) in [4.78, 5) is 0. The van der Waals surface area contributed by atoms with Crippen molar-refractivity contribution in [3.05, 3.63) is 0 Å². The van der Waals surface area contributed by atoms with E-state index in [0.29, 0.717) is 5.08 Å². The lowest BCUT2D eigenvalue weighted by atomic mass is 10.3. The summed E-state index contributed by atoms with van der Waals surface area (Å²) in [6, 6.07) is 0. The molecule has 0 aromatic rings. The molecule has 0 radical (unpaired) electrons. The van der Waals surface area contributed by atoms with Gasteiger partial charge >= 0.3 is 0 Å². The molecule has 0 bridgehead atoms. The van der Waals surface area contributed by atoms with Gasteiger partial charge in [0.25, 0.3) is 0 Å². The molecule has 0 aromatic heterocycles. The molecule has 2 unspecified atom stereocenters. The highest BCUT2D eigenvalue weighted by Gasteiger charge is 2.26. The summed E-state index contributed by atoms with van der Waals surface area (Å²) in [7, 11) is -1.67. The Hall–Kier alpha value is 0.300. The van der Waals surface area contributed by atoms with E-state index in [1.165, 1.54) is 0 Å². The maximum atomic E-state index is 11.1. The van der Waals surface area contributed by atoms with E-state index in [2.05, 4.69) is 0 Å². The van der Waals surface area contributed by atoms with Gasteiger partial charge in [0.05, 0.1) is 5.08 Å². The van der Waals surface area contributed by atoms with Crippen LogP contribution in [0.25, 0.3) is 0 Å². The van der Waals surface area contributed by atoms with E-state index >= 15 is 0 Å². The van der Waals surface area contributed by atoms with Gasteiger partial charge in [-0.25, -0.2) is 0 Å². The summed E-state index contributed by atoms with van der Waals surface area (Å²) in [5.74, 6) is 0. The zero-order valence-corrected chi connectivity index (χ0v) is 7.83. The van der Waals surface area contributed by atoms with Gasteiger partial charge in [-0.05, 0) is 6.42 Å². The quantitative estimate of drug-likeness (QED) is 0.548. The lowest BCUT2D eigenvalue weighted by Gasteiger charge is -2.22. The van der Waals surface area contributed by atoms with Crippen molar-refractivity contribution < 1.29 is 8.42 Å². The van der Waals surface area contributed by atoms with E-state index in [1.807, 2.05) is 13.8 Å². The third kappa shape index (κ3) is 1.66. The van der Waals surface area contributed by atoms with Gasteiger partial charge in [0, 0.05) is 32.1 Å². The molecule has 1 heterocycles. The van der Waals surface area contributed by atoms with E-state index in [9.17, 15) is 8.42 Å². The monoisotopic (exact) mass is 180 g/mol. The normalized spacial score (nSPS) is 49.0. The maximum Gasteiger partial charge on any atom is 0.0997 e. The molecule has 60 valence electrons. The lowest BCUT2D eigenvalue weighted by Crippen LogP contribution is -2.32. The molecular formula is C6H12O2S2. The Balaban J connectivity index is 2.63. The van der Waals surface area contributed by atoms with E-state index in [-0.39, 0.29) is 10.5 Å². The van der Waals surface area contributed by atoms with E-state index in [1.54, 1.807) is 0 Å². The number of rotatable bonds is 0. The predicted octanol–water partition coefficient (Wildman–Crippen LogP) is 0.622. The molecule has 4 atom stereocenters. The van der Waals surface area contributed by atoms with Gasteiger partial charge in [-0.3, -0.25) is 8.42 Å². The molecule has 1 fully saturated rings. The van der Waals surface area contributed by atoms with Gasteiger partial charge in [0.15, 0.2) is 0 Å². The standard InChI is InChI=1S/C6H12O2S2/c1-5-3-6(2)10(8)4-9(5)7/h5-6H,3-4H2,1-2H3/t5-,6+,9?,10?. The van der Waals surface area contributed by atoms with Crippen molar-refractivity contribution in [1.82, 2.24) is 0 Å². The first kappa shape index (κ1) is 8.40. The molecule has 0 amide bonds. The van der Waals surface area contributed by atoms with Gasteiger partial charge in [0.2, 0.25) is 0 Å². The molecule has 1 saturated heterocycles. The average Bonchev–Trinajstić information content (AvgIpc) is 1.84. The molecular weight excluding hydrogens is 168 g/mol. The first-order valence-electron chi connectivity index (χ1n) is 3.35. The number of hydrogen-bond acceptors (Lipinski definition) is 2. The van der Waals surface area contributed by atoms with Crippen LogP contribution in [0.1, 0.15) is 20.3 Å². The molecule has 1 aliphatic heterocycles. The summed E-state index contributed by atoms with van der Waals surface area (Å²) < 4.78 is 22.1. The van der Waals surface area contributed by atoms with Gasteiger partial charge in [-0.2, -0.15) is 0 Å². The first-order valence-corrected chi connectivity index (χ1v) is 6.12. The highest BCUT2D eigenvalue weighted by molar-refractivity contribution is 8.03. The summed E-state index contributed by atoms with van der Waals surface area (Å²) in [5, 5.41) is 0.878. The summed E-state index contributed by atoms with van der Waals surface area (Å²) in [6.07, 6.45) is 0.846. The molecule has 0 aliphatic carbocycles. The highest BCUT2D eigenvalue weighted by atomic mass is 32.2. The molecule has 2 nitrogen and oxygen atoms in total. The minimum absolute atomic E-state index is 0.243. The molecule has 0 spiro atoms. The Morgan fingerprint density at radius 1 is 1.10 bits per heavy atom. The topological polar surface area (TPSA) is 34.1 Å². The Bertz CT molecular complexity index is 161. The SMILES string of the molecule is C[C@@H]1C[C@H](C)S(=O)CS1=O. The lowest BCUT2D eigenvalue weighted by molar-refractivity contribution is 0.643. The van der Waals surface area contributed by atoms with Crippen molar-refractivity contribution in [3.63, 3.8) is 0 Å². The van der Waals surface area contributed by atoms with Crippen LogP contribution < -0.4 is 0 Å². The average molecular weight is 180 g/mol. The Morgan fingerprint density at radius 2 is 1.50 bits per heavy atom. The largest absolute Gasteiger partial charge is 0.258 e. The van der Waals surface area contributed by atoms with Crippen molar-refractivity contribution in [2.24, 2.45) is 0 Å². The van der Waals surface area contributed by atoms with Crippen LogP contribution >= 0.6 is 0 Å². The number of hydrogen-bond donors (Lipinski definition) is 0. The first-order chi connectivity index (χ1) is 4.61. The van der Waals surface area contributed by atoms with Crippen LogP contribution in [-0.2, 0) is 21.6 Å². The molecule has 4 heteroatoms. The van der Waals surface area contributed by atoms with Gasteiger partial charge in [-0.15, -0.1) is 0 Å². The van der Waals surface area contributed by atoms with Crippen LogP contribution in [0, 0.1) is 0 Å². The van der Waals surface area contributed by atoms with E-state index in [4.69, 9.17) is 0 Å². The third-order valence-electron chi connectivity index (χ3n) is 1.79. The second kappa shape index (κ2) is 3.13. The minimum atomic E-state index is -0.836. The van der Waals surface area contributed by atoms with Crippen LogP contribution in [0.15, 0.2) is 0 Å². The summed E-state index contributed by atoms with van der Waals surface area (Å²) in [6.45, 7) is 3.92. The van der Waals surface area contributed by atoms with Crippen LogP contribution in [0.5, 0.6) is 0 Å². The van der Waals surface area contributed by atoms with Gasteiger partial charge < -0.3 is 0 Å². The van der Waals surface area contributed by atoms with Crippen molar-refractivity contribution in [1.29, 1.82) is 0 Å². The van der Waals surface area contributed by atoms with Crippen LogP contribution in [0.3, 0.4) is 0 Å². The Kier molecular flexibility index (Phi) is 2.63. The smallest absolute Gasteiger partial charge is 0.0997 e. The maximum absolute atomic E-state index is 11.1. The Labute approximate surface area is 66.3 Å². The molecule has 1 aliphatic rings. The fourth-order valence-corrected chi connectivity index (χ4v) is 4.93. The van der Waals surface area contributed by atoms with E-state index in [0.717, 1.165) is 6.42 Å². The Morgan fingerprint density at radius 3 is 1.80 bits per heavy atom. The molecule has 10 heavy (non-hydrogen) atoms. The second-order valence-electron chi connectivity index (χ2n) is 2.74. The summed E-state index contributed by atoms with van der Waals surface area (Å²) >= 11 is 0. The van der Waals surface area contributed by atoms with Gasteiger partial charge in [0.1, 0.15) is 0 Å². The molecule has 0 aromatic carbocycles. The van der Waals surface area contributed by atoms with Gasteiger partial charge in [-0.1, -0.05) is 13.8 Å². The molecule has 0 N–H and O–H groups in total. The zero-order valence-electron chi connectivity index (χ0n) is 6.20. The second-order valence-corrected chi connectivity index (χ2v) is 6.81. The fraction of sp³-hybridized carbons (Fsp3) is 1.00. The minimum Gasteiger partial charge on any atom is -0.258 e. The molecule has 1 rings (SSSR count). The molecule has 0 saturated carbocycles. The third-order valence-corrected chi connectivity index (χ3v) is 5.83. The van der Waals surface area contributed by atoms with Crippen molar-refractivity contribution in [3.8, 4) is 0 Å². The summed E-state index contributed by atoms with van der Waals surface area (Å²) in [5.41, 5.74) is 0. The zero-order chi connectivity index (χ0) is 7.72. The van der Waals surface area contributed by atoms with Crippen LogP contribution in [0.4, 0.5) is 0 Å².